The first-order chi connectivity index (χ1) is 7.67. The number of rotatable bonds is 4. The fourth-order valence-electron chi connectivity index (χ4n) is 1.51. The molecule has 0 atom stereocenters. The molecule has 0 radical (unpaired) electrons. The van der Waals surface area contributed by atoms with Gasteiger partial charge in [-0.05, 0) is 24.5 Å². The van der Waals surface area contributed by atoms with Crippen molar-refractivity contribution < 1.29 is 4.79 Å². The van der Waals surface area contributed by atoms with Gasteiger partial charge in [-0.2, -0.15) is 0 Å². The molecule has 0 fully saturated rings. The van der Waals surface area contributed by atoms with Gasteiger partial charge in [-0.25, -0.2) is 4.79 Å². The summed E-state index contributed by atoms with van der Waals surface area (Å²) >= 11 is 0. The number of nitrogens with zero attached hydrogens (tertiary/aromatic N) is 1. The van der Waals surface area contributed by atoms with Gasteiger partial charge in [0.2, 0.25) is 0 Å². The van der Waals surface area contributed by atoms with Gasteiger partial charge < -0.3 is 10.2 Å². The normalized spacial score (nSPS) is 9.94. The number of hydrogen-bond donors (Lipinski definition) is 1. The highest BCUT2D eigenvalue weighted by molar-refractivity contribution is 5.73. The zero-order valence-electron chi connectivity index (χ0n) is 10.3. The van der Waals surface area contributed by atoms with Crippen LogP contribution in [-0.2, 0) is 13.0 Å². The highest BCUT2D eigenvalue weighted by atomic mass is 16.2. The van der Waals surface area contributed by atoms with E-state index in [-0.39, 0.29) is 6.03 Å². The molecular weight excluding hydrogens is 200 g/mol. The standard InChI is InChI=1S/C13H20N2O/c1-4-11-6-8-12(9-7-11)10-15(3)13(16)14-5-2/h6-9H,4-5,10H2,1-3H3,(H,14,16). The fourth-order valence-corrected chi connectivity index (χ4v) is 1.51. The molecule has 0 aliphatic rings. The monoisotopic (exact) mass is 220 g/mol. The van der Waals surface area contributed by atoms with Crippen LogP contribution in [0.5, 0.6) is 0 Å². The van der Waals surface area contributed by atoms with E-state index in [1.54, 1.807) is 11.9 Å². The topological polar surface area (TPSA) is 32.3 Å². The Morgan fingerprint density at radius 2 is 1.75 bits per heavy atom. The van der Waals surface area contributed by atoms with Crippen molar-refractivity contribution in [3.05, 3.63) is 35.4 Å². The Morgan fingerprint density at radius 1 is 1.19 bits per heavy atom. The number of nitrogens with one attached hydrogen (secondary N) is 1. The third-order valence-electron chi connectivity index (χ3n) is 2.53. The Balaban J connectivity index is 2.55. The van der Waals surface area contributed by atoms with Gasteiger partial charge in [0.1, 0.15) is 0 Å². The molecule has 2 amide bonds. The fraction of sp³-hybridized carbons (Fsp3) is 0.462. The summed E-state index contributed by atoms with van der Waals surface area (Å²) in [5.41, 5.74) is 2.48. The third-order valence-corrected chi connectivity index (χ3v) is 2.53. The van der Waals surface area contributed by atoms with Crippen LogP contribution in [0.15, 0.2) is 24.3 Å². The molecule has 0 bridgehead atoms. The maximum absolute atomic E-state index is 11.5. The molecule has 0 saturated heterocycles. The molecule has 0 heterocycles. The highest BCUT2D eigenvalue weighted by Gasteiger charge is 2.06. The van der Waals surface area contributed by atoms with Gasteiger partial charge in [0.15, 0.2) is 0 Å². The summed E-state index contributed by atoms with van der Waals surface area (Å²) in [5.74, 6) is 0. The molecule has 0 aromatic heterocycles. The van der Waals surface area contributed by atoms with Crippen LogP contribution in [-0.4, -0.2) is 24.5 Å². The average molecular weight is 220 g/mol. The zero-order chi connectivity index (χ0) is 12.0. The van der Waals surface area contributed by atoms with Crippen molar-refractivity contribution in [3.63, 3.8) is 0 Å². The minimum absolute atomic E-state index is 0.0259. The molecule has 3 heteroatoms. The van der Waals surface area contributed by atoms with E-state index in [1.807, 2.05) is 6.92 Å². The lowest BCUT2D eigenvalue weighted by Gasteiger charge is -2.17. The number of urea groups is 1. The van der Waals surface area contributed by atoms with Crippen molar-refractivity contribution in [1.29, 1.82) is 0 Å². The predicted molar refractivity (Wildman–Crippen MR) is 66.4 cm³/mol. The van der Waals surface area contributed by atoms with Gasteiger partial charge in [0.05, 0.1) is 0 Å². The number of amides is 2. The second kappa shape index (κ2) is 6.16. The van der Waals surface area contributed by atoms with Gasteiger partial charge in [-0.15, -0.1) is 0 Å². The second-order valence-electron chi connectivity index (χ2n) is 3.86. The number of carbonyl (C=O) groups excluding carboxylic acids is 1. The minimum Gasteiger partial charge on any atom is -0.338 e. The van der Waals surface area contributed by atoms with Crippen LogP contribution in [0.1, 0.15) is 25.0 Å². The smallest absolute Gasteiger partial charge is 0.317 e. The molecule has 0 spiro atoms. The SMILES string of the molecule is CCNC(=O)N(C)Cc1ccc(CC)cc1. The summed E-state index contributed by atoms with van der Waals surface area (Å²) in [7, 11) is 1.80. The van der Waals surface area contributed by atoms with E-state index < -0.39 is 0 Å². The minimum atomic E-state index is -0.0259. The van der Waals surface area contributed by atoms with Gasteiger partial charge in [-0.1, -0.05) is 31.2 Å². The second-order valence-corrected chi connectivity index (χ2v) is 3.86. The van der Waals surface area contributed by atoms with E-state index in [4.69, 9.17) is 0 Å². The van der Waals surface area contributed by atoms with Crippen molar-refractivity contribution in [2.45, 2.75) is 26.8 Å². The third kappa shape index (κ3) is 3.57. The average Bonchev–Trinajstić information content (AvgIpc) is 2.30. The molecule has 0 unspecified atom stereocenters. The molecule has 0 saturated carbocycles. The zero-order valence-corrected chi connectivity index (χ0v) is 10.3. The lowest BCUT2D eigenvalue weighted by atomic mass is 10.1. The Labute approximate surface area is 97.5 Å². The van der Waals surface area contributed by atoms with E-state index in [1.165, 1.54) is 5.56 Å². The number of hydrogen-bond acceptors (Lipinski definition) is 1. The molecule has 0 aliphatic carbocycles. The molecule has 1 rings (SSSR count). The quantitative estimate of drug-likeness (QED) is 0.830. The Morgan fingerprint density at radius 3 is 2.25 bits per heavy atom. The summed E-state index contributed by atoms with van der Waals surface area (Å²) in [6.07, 6.45) is 1.05. The van der Waals surface area contributed by atoms with Gasteiger partial charge in [0.25, 0.3) is 0 Å². The van der Waals surface area contributed by atoms with Crippen molar-refractivity contribution in [3.8, 4) is 0 Å². The largest absolute Gasteiger partial charge is 0.338 e. The van der Waals surface area contributed by atoms with Crippen LogP contribution in [0.2, 0.25) is 0 Å². The van der Waals surface area contributed by atoms with Gasteiger partial charge in [0, 0.05) is 20.1 Å². The molecule has 88 valence electrons. The first kappa shape index (κ1) is 12.6. The van der Waals surface area contributed by atoms with E-state index in [0.29, 0.717) is 13.1 Å². The maximum Gasteiger partial charge on any atom is 0.317 e. The summed E-state index contributed by atoms with van der Waals surface area (Å²) in [4.78, 5) is 13.2. The van der Waals surface area contributed by atoms with E-state index >= 15 is 0 Å². The Hall–Kier alpha value is -1.51. The molecule has 0 aliphatic heterocycles. The van der Waals surface area contributed by atoms with Gasteiger partial charge in [-0.3, -0.25) is 0 Å². The lowest BCUT2D eigenvalue weighted by Crippen LogP contribution is -2.36. The van der Waals surface area contributed by atoms with Crippen molar-refractivity contribution in [2.24, 2.45) is 0 Å². The molecule has 1 N–H and O–H groups in total. The predicted octanol–water partition coefficient (Wildman–Crippen LogP) is 2.41. The van der Waals surface area contributed by atoms with Crippen LogP contribution < -0.4 is 5.32 Å². The van der Waals surface area contributed by atoms with Crippen molar-refractivity contribution >= 4 is 6.03 Å². The Bertz CT molecular complexity index is 332. The van der Waals surface area contributed by atoms with E-state index in [0.717, 1.165) is 12.0 Å². The Kier molecular flexibility index (Phi) is 4.83. The summed E-state index contributed by atoms with van der Waals surface area (Å²) in [6.45, 7) is 5.37. The lowest BCUT2D eigenvalue weighted by molar-refractivity contribution is 0.207. The molecule has 1 aromatic carbocycles. The first-order valence-electron chi connectivity index (χ1n) is 5.74. The molecular formula is C13H20N2O. The van der Waals surface area contributed by atoms with Crippen LogP contribution in [0.4, 0.5) is 4.79 Å². The molecule has 1 aromatic rings. The summed E-state index contributed by atoms with van der Waals surface area (Å²) in [6, 6.07) is 8.35. The van der Waals surface area contributed by atoms with Crippen LogP contribution in [0.25, 0.3) is 0 Å². The molecule has 16 heavy (non-hydrogen) atoms. The maximum atomic E-state index is 11.5. The van der Waals surface area contributed by atoms with Crippen LogP contribution in [0, 0.1) is 0 Å². The molecule has 3 nitrogen and oxygen atoms in total. The summed E-state index contributed by atoms with van der Waals surface area (Å²) in [5, 5.41) is 2.78. The van der Waals surface area contributed by atoms with E-state index in [9.17, 15) is 4.79 Å². The number of carbonyl (C=O) groups is 1. The van der Waals surface area contributed by atoms with Crippen molar-refractivity contribution in [1.82, 2.24) is 10.2 Å². The number of aryl methyl sites for hydroxylation is 1. The number of benzene rings is 1. The van der Waals surface area contributed by atoms with E-state index in [2.05, 4.69) is 36.5 Å². The van der Waals surface area contributed by atoms with Gasteiger partial charge >= 0.3 is 6.03 Å². The summed E-state index contributed by atoms with van der Waals surface area (Å²) < 4.78 is 0. The first-order valence-corrected chi connectivity index (χ1v) is 5.74. The van der Waals surface area contributed by atoms with Crippen LogP contribution in [0.3, 0.4) is 0 Å². The van der Waals surface area contributed by atoms with Crippen LogP contribution >= 0.6 is 0 Å². The van der Waals surface area contributed by atoms with Crippen molar-refractivity contribution in [2.75, 3.05) is 13.6 Å². The highest BCUT2D eigenvalue weighted by Crippen LogP contribution is 2.07.